The van der Waals surface area contributed by atoms with Crippen LogP contribution in [0.25, 0.3) is 21.2 Å². The molecule has 0 atom stereocenters. The summed E-state index contributed by atoms with van der Waals surface area (Å²) in [6, 6.07) is 17.9. The van der Waals surface area contributed by atoms with Gasteiger partial charge in [-0.1, -0.05) is 29.5 Å². The van der Waals surface area contributed by atoms with Crippen molar-refractivity contribution >= 4 is 43.6 Å². The molecule has 0 spiro atoms. The lowest BCUT2D eigenvalue weighted by Crippen LogP contribution is -2.34. The molecule has 33 heavy (non-hydrogen) atoms. The fourth-order valence-corrected chi connectivity index (χ4v) is 4.51. The quantitative estimate of drug-likeness (QED) is 0.355. The molecule has 5 rings (SSSR count). The number of pyridine rings is 1. The van der Waals surface area contributed by atoms with Crippen molar-refractivity contribution < 1.29 is 13.9 Å². The molecule has 3 heterocycles. The molecule has 0 aliphatic rings. The molecule has 0 saturated heterocycles. The molecule has 8 heteroatoms. The van der Waals surface area contributed by atoms with Crippen molar-refractivity contribution in [1.82, 2.24) is 9.97 Å². The van der Waals surface area contributed by atoms with E-state index in [4.69, 9.17) is 9.15 Å². The summed E-state index contributed by atoms with van der Waals surface area (Å²) in [6.07, 6.45) is 2.88. The third kappa shape index (κ3) is 4.08. The lowest BCUT2D eigenvalue weighted by atomic mass is 10.1. The molecule has 0 fully saturated rings. The van der Waals surface area contributed by atoms with E-state index < -0.39 is 5.91 Å². The molecule has 0 saturated carbocycles. The summed E-state index contributed by atoms with van der Waals surface area (Å²) in [7, 11) is 0. The first-order valence-electron chi connectivity index (χ1n) is 10.4. The Morgan fingerprint density at radius 1 is 1.12 bits per heavy atom. The van der Waals surface area contributed by atoms with Crippen LogP contribution in [0, 0.1) is 0 Å². The first-order valence-corrected chi connectivity index (χ1v) is 11.2. The Morgan fingerprint density at radius 3 is 2.79 bits per heavy atom. The van der Waals surface area contributed by atoms with Gasteiger partial charge >= 0.3 is 0 Å². The average Bonchev–Trinajstić information content (AvgIpc) is 3.26. The Labute approximate surface area is 192 Å². The second-order valence-electron chi connectivity index (χ2n) is 7.25. The van der Waals surface area contributed by atoms with Crippen molar-refractivity contribution in [1.29, 1.82) is 0 Å². The fraction of sp³-hybridized carbons (Fsp3) is 0.120. The topological polar surface area (TPSA) is 85.5 Å². The lowest BCUT2D eigenvalue weighted by Gasteiger charge is -2.19. The minimum Gasteiger partial charge on any atom is -0.494 e. The molecule has 0 aliphatic carbocycles. The summed E-state index contributed by atoms with van der Waals surface area (Å²) < 4.78 is 12.0. The predicted octanol–water partition coefficient (Wildman–Crippen LogP) is 5.04. The van der Waals surface area contributed by atoms with Crippen LogP contribution in [0.2, 0.25) is 0 Å². The van der Waals surface area contributed by atoms with E-state index in [1.165, 1.54) is 22.5 Å². The third-order valence-electron chi connectivity index (χ3n) is 5.09. The van der Waals surface area contributed by atoms with Crippen molar-refractivity contribution in [3.8, 4) is 5.75 Å². The van der Waals surface area contributed by atoms with E-state index in [9.17, 15) is 9.59 Å². The SMILES string of the molecule is CCOc1ccc2nc(N(Cc3ccccn3)C(=O)c3coc4ccccc4c3=O)sc2c1. The summed E-state index contributed by atoms with van der Waals surface area (Å²) in [5.41, 5.74) is 1.40. The van der Waals surface area contributed by atoms with Crippen LogP contribution in [0.4, 0.5) is 5.13 Å². The smallest absolute Gasteiger partial charge is 0.267 e. The van der Waals surface area contributed by atoms with Crippen LogP contribution in [-0.4, -0.2) is 22.5 Å². The summed E-state index contributed by atoms with van der Waals surface area (Å²) >= 11 is 1.35. The summed E-state index contributed by atoms with van der Waals surface area (Å²) in [5, 5.41) is 0.814. The van der Waals surface area contributed by atoms with E-state index in [0.717, 1.165) is 16.0 Å². The number of carbonyl (C=O) groups is 1. The van der Waals surface area contributed by atoms with Crippen molar-refractivity contribution in [2.75, 3.05) is 11.5 Å². The van der Waals surface area contributed by atoms with Crippen molar-refractivity contribution in [3.05, 3.63) is 94.6 Å². The van der Waals surface area contributed by atoms with E-state index in [-0.39, 0.29) is 17.5 Å². The van der Waals surface area contributed by atoms with Gasteiger partial charge in [0.1, 0.15) is 23.2 Å². The van der Waals surface area contributed by atoms with E-state index in [0.29, 0.717) is 28.4 Å². The van der Waals surface area contributed by atoms with Crippen LogP contribution in [-0.2, 0) is 6.54 Å². The van der Waals surface area contributed by atoms with Crippen LogP contribution < -0.4 is 15.1 Å². The van der Waals surface area contributed by atoms with Gasteiger partial charge in [0.15, 0.2) is 5.13 Å². The van der Waals surface area contributed by atoms with Gasteiger partial charge in [-0.3, -0.25) is 19.5 Å². The number of carbonyl (C=O) groups excluding carboxylic acids is 1. The van der Waals surface area contributed by atoms with Crippen LogP contribution in [0.3, 0.4) is 0 Å². The molecule has 0 unspecified atom stereocenters. The maximum atomic E-state index is 13.6. The number of ether oxygens (including phenoxy) is 1. The van der Waals surface area contributed by atoms with Crippen molar-refractivity contribution in [3.63, 3.8) is 0 Å². The van der Waals surface area contributed by atoms with E-state index in [1.54, 1.807) is 36.5 Å². The molecule has 0 bridgehead atoms. The van der Waals surface area contributed by atoms with E-state index in [1.807, 2.05) is 37.3 Å². The van der Waals surface area contributed by atoms with Crippen LogP contribution in [0.5, 0.6) is 5.75 Å². The summed E-state index contributed by atoms with van der Waals surface area (Å²) in [6.45, 7) is 2.63. The first-order chi connectivity index (χ1) is 16.1. The van der Waals surface area contributed by atoms with Crippen LogP contribution in [0.15, 0.2) is 82.3 Å². The number of nitrogens with zero attached hydrogens (tertiary/aromatic N) is 3. The molecule has 164 valence electrons. The lowest BCUT2D eigenvalue weighted by molar-refractivity contribution is 0.0982. The summed E-state index contributed by atoms with van der Waals surface area (Å²) in [4.78, 5) is 37.2. The number of rotatable bonds is 6. The van der Waals surface area contributed by atoms with Gasteiger partial charge in [0.05, 0.1) is 34.4 Å². The molecule has 1 amide bonds. The van der Waals surface area contributed by atoms with Gasteiger partial charge in [0, 0.05) is 6.20 Å². The zero-order valence-electron chi connectivity index (χ0n) is 17.7. The average molecular weight is 458 g/mol. The number of amides is 1. The van der Waals surface area contributed by atoms with Gasteiger partial charge in [0.25, 0.3) is 5.91 Å². The second kappa shape index (κ2) is 8.84. The van der Waals surface area contributed by atoms with Gasteiger partial charge in [-0.2, -0.15) is 0 Å². The Hall–Kier alpha value is -4.04. The standard InChI is InChI=1S/C25H19N3O4S/c1-2-31-17-10-11-20-22(13-17)33-25(27-20)28(14-16-7-5-6-12-26-16)24(30)19-15-32-21-9-4-3-8-18(21)23(19)29/h3-13,15H,2,14H2,1H3. The molecule has 0 radical (unpaired) electrons. The third-order valence-corrected chi connectivity index (χ3v) is 6.13. The maximum absolute atomic E-state index is 13.6. The molecule has 2 aromatic carbocycles. The first kappa shape index (κ1) is 20.8. The normalized spacial score (nSPS) is 11.1. The second-order valence-corrected chi connectivity index (χ2v) is 8.26. The predicted molar refractivity (Wildman–Crippen MR) is 128 cm³/mol. The zero-order valence-corrected chi connectivity index (χ0v) is 18.5. The van der Waals surface area contributed by atoms with Gasteiger partial charge in [-0.05, 0) is 49.4 Å². The number of hydrogen-bond acceptors (Lipinski definition) is 7. The Bertz CT molecular complexity index is 1510. The number of hydrogen-bond donors (Lipinski definition) is 0. The highest BCUT2D eigenvalue weighted by atomic mass is 32.1. The van der Waals surface area contributed by atoms with Gasteiger partial charge in [0.2, 0.25) is 5.43 Å². The molecule has 0 N–H and O–H groups in total. The molecular weight excluding hydrogens is 438 g/mol. The monoisotopic (exact) mass is 457 g/mol. The summed E-state index contributed by atoms with van der Waals surface area (Å²) in [5.74, 6) is 0.238. The Kier molecular flexibility index (Phi) is 5.58. The number of para-hydroxylation sites is 1. The van der Waals surface area contributed by atoms with Crippen LogP contribution >= 0.6 is 11.3 Å². The minimum atomic E-state index is -0.496. The zero-order chi connectivity index (χ0) is 22.8. The van der Waals surface area contributed by atoms with Gasteiger partial charge in [-0.15, -0.1) is 0 Å². The van der Waals surface area contributed by atoms with Crippen molar-refractivity contribution in [2.24, 2.45) is 0 Å². The number of benzene rings is 2. The number of thiazole rings is 1. The molecular formula is C25H19N3O4S. The Balaban J connectivity index is 1.60. The van der Waals surface area contributed by atoms with Crippen molar-refractivity contribution in [2.45, 2.75) is 13.5 Å². The number of fused-ring (bicyclic) bond motifs is 2. The molecule has 3 aromatic heterocycles. The molecule has 7 nitrogen and oxygen atoms in total. The van der Waals surface area contributed by atoms with Gasteiger partial charge in [-0.25, -0.2) is 4.98 Å². The highest BCUT2D eigenvalue weighted by Gasteiger charge is 2.25. The molecule has 5 aromatic rings. The maximum Gasteiger partial charge on any atom is 0.267 e. The van der Waals surface area contributed by atoms with Gasteiger partial charge < -0.3 is 9.15 Å². The fourth-order valence-electron chi connectivity index (χ4n) is 3.52. The largest absolute Gasteiger partial charge is 0.494 e. The van der Waals surface area contributed by atoms with E-state index in [2.05, 4.69) is 9.97 Å². The minimum absolute atomic E-state index is 0.0566. The highest BCUT2D eigenvalue weighted by molar-refractivity contribution is 7.22. The highest BCUT2D eigenvalue weighted by Crippen LogP contribution is 2.33. The van der Waals surface area contributed by atoms with E-state index >= 15 is 0 Å². The Morgan fingerprint density at radius 2 is 1.97 bits per heavy atom. The number of anilines is 1. The molecule has 0 aliphatic heterocycles. The number of aromatic nitrogens is 2. The van der Waals surface area contributed by atoms with Crippen LogP contribution in [0.1, 0.15) is 23.0 Å².